The molecule has 0 heterocycles. The van der Waals surface area contributed by atoms with Gasteiger partial charge in [0.15, 0.2) is 0 Å². The molecule has 6 heteroatoms. The second kappa shape index (κ2) is 7.42. The number of para-hydroxylation sites is 1. The van der Waals surface area contributed by atoms with Crippen LogP contribution >= 0.6 is 0 Å². The summed E-state index contributed by atoms with van der Waals surface area (Å²) in [5.41, 5.74) is -0.615. The van der Waals surface area contributed by atoms with E-state index in [1.54, 1.807) is 51.1 Å². The Bertz CT molecular complexity index is 472. The quantitative estimate of drug-likeness (QED) is 0.271. The Morgan fingerprint density at radius 3 is 2.20 bits per heavy atom. The van der Waals surface area contributed by atoms with Gasteiger partial charge in [-0.25, -0.2) is 9.59 Å². The zero-order valence-electron chi connectivity index (χ0n) is 11.5. The van der Waals surface area contributed by atoms with Crippen LogP contribution in [0.4, 0.5) is 0 Å². The van der Waals surface area contributed by atoms with Gasteiger partial charge in [-0.3, -0.25) is 4.89 Å². The minimum atomic E-state index is -0.890. The smallest absolute Gasteiger partial charge is 0.369 e. The third-order valence-electron chi connectivity index (χ3n) is 1.72. The SMILES string of the molecule is CC(C)(C)OOOC(=O)C=CC(=O)Oc1ccccc1. The molecule has 0 spiro atoms. The van der Waals surface area contributed by atoms with Gasteiger partial charge < -0.3 is 4.74 Å². The van der Waals surface area contributed by atoms with Crippen molar-refractivity contribution >= 4 is 11.9 Å². The first kappa shape index (κ1) is 15.9. The van der Waals surface area contributed by atoms with Crippen molar-refractivity contribution in [2.75, 3.05) is 0 Å². The van der Waals surface area contributed by atoms with Gasteiger partial charge in [-0.05, 0) is 37.9 Å². The molecule has 0 amide bonds. The summed E-state index contributed by atoms with van der Waals surface area (Å²) < 4.78 is 4.92. The van der Waals surface area contributed by atoms with Crippen LogP contribution in [0.15, 0.2) is 42.5 Å². The van der Waals surface area contributed by atoms with Gasteiger partial charge >= 0.3 is 11.9 Å². The predicted molar refractivity (Wildman–Crippen MR) is 69.2 cm³/mol. The molecule has 0 bridgehead atoms. The average Bonchev–Trinajstić information content (AvgIpc) is 2.36. The maximum absolute atomic E-state index is 11.4. The molecule has 0 aliphatic carbocycles. The number of hydrogen-bond acceptors (Lipinski definition) is 6. The van der Waals surface area contributed by atoms with Crippen molar-refractivity contribution in [2.24, 2.45) is 0 Å². The molecule has 0 saturated heterocycles. The molecule has 6 nitrogen and oxygen atoms in total. The fraction of sp³-hybridized carbons (Fsp3) is 0.286. The zero-order valence-corrected chi connectivity index (χ0v) is 11.5. The minimum Gasteiger partial charge on any atom is -0.423 e. The highest BCUT2D eigenvalue weighted by Crippen LogP contribution is 2.09. The maximum atomic E-state index is 11.4. The van der Waals surface area contributed by atoms with E-state index in [4.69, 9.17) is 9.62 Å². The normalized spacial score (nSPS) is 11.3. The molecule has 0 atom stereocenters. The number of benzene rings is 1. The van der Waals surface area contributed by atoms with E-state index in [1.807, 2.05) is 0 Å². The van der Waals surface area contributed by atoms with Gasteiger partial charge in [-0.15, -0.1) is 0 Å². The summed E-state index contributed by atoms with van der Waals surface area (Å²) in [6, 6.07) is 8.46. The molecule has 0 fully saturated rings. The average molecular weight is 280 g/mol. The van der Waals surface area contributed by atoms with Gasteiger partial charge in [-0.2, -0.15) is 4.89 Å². The Morgan fingerprint density at radius 1 is 1.00 bits per heavy atom. The fourth-order valence-electron chi connectivity index (χ4n) is 0.955. The van der Waals surface area contributed by atoms with Crippen molar-refractivity contribution in [1.29, 1.82) is 0 Å². The van der Waals surface area contributed by atoms with Crippen molar-refractivity contribution in [3.8, 4) is 5.75 Å². The van der Waals surface area contributed by atoms with E-state index in [0.717, 1.165) is 12.2 Å². The summed E-state index contributed by atoms with van der Waals surface area (Å²) in [7, 11) is 0. The molecule has 20 heavy (non-hydrogen) atoms. The van der Waals surface area contributed by atoms with Gasteiger partial charge in [0.2, 0.25) is 0 Å². The Hall–Kier alpha value is -2.18. The Kier molecular flexibility index (Phi) is 5.89. The third-order valence-corrected chi connectivity index (χ3v) is 1.72. The van der Waals surface area contributed by atoms with E-state index in [-0.39, 0.29) is 0 Å². The molecule has 0 saturated carbocycles. The number of carbonyl (C=O) groups excluding carboxylic acids is 2. The van der Waals surface area contributed by atoms with Crippen LogP contribution < -0.4 is 4.74 Å². The number of hydrogen-bond donors (Lipinski definition) is 0. The molecule has 108 valence electrons. The molecular formula is C14H16O6. The van der Waals surface area contributed by atoms with Crippen molar-refractivity contribution in [1.82, 2.24) is 0 Å². The Morgan fingerprint density at radius 2 is 1.60 bits per heavy atom. The largest absolute Gasteiger partial charge is 0.423 e. The molecule has 1 aromatic carbocycles. The van der Waals surface area contributed by atoms with E-state index >= 15 is 0 Å². The lowest BCUT2D eigenvalue weighted by molar-refractivity contribution is -0.513. The first-order valence-electron chi connectivity index (χ1n) is 5.88. The van der Waals surface area contributed by atoms with Crippen LogP contribution in [0.3, 0.4) is 0 Å². The molecule has 0 radical (unpaired) electrons. The summed E-state index contributed by atoms with van der Waals surface area (Å²) in [6.45, 7) is 5.15. The van der Waals surface area contributed by atoms with Gasteiger partial charge in [0.1, 0.15) is 5.75 Å². The second-order valence-electron chi connectivity index (χ2n) is 4.73. The maximum Gasteiger partial charge on any atom is 0.369 e. The molecule has 0 aliphatic rings. The summed E-state index contributed by atoms with van der Waals surface area (Å²) in [4.78, 5) is 31.5. The monoisotopic (exact) mass is 280 g/mol. The van der Waals surface area contributed by atoms with Crippen LogP contribution in [0.1, 0.15) is 20.8 Å². The minimum absolute atomic E-state index is 0.378. The highest BCUT2D eigenvalue weighted by atomic mass is 17.5. The van der Waals surface area contributed by atoms with Crippen LogP contribution in [0.25, 0.3) is 0 Å². The lowest BCUT2D eigenvalue weighted by Crippen LogP contribution is -2.20. The van der Waals surface area contributed by atoms with Gasteiger partial charge in [0, 0.05) is 12.2 Å². The third kappa shape index (κ3) is 7.30. The van der Waals surface area contributed by atoms with Crippen LogP contribution in [-0.2, 0) is 24.4 Å². The van der Waals surface area contributed by atoms with Crippen molar-refractivity contribution in [2.45, 2.75) is 26.4 Å². The summed E-state index contributed by atoms with van der Waals surface area (Å²) >= 11 is 0. The van der Waals surface area contributed by atoms with E-state index in [2.05, 4.69) is 9.93 Å². The van der Waals surface area contributed by atoms with Gasteiger partial charge in [0.05, 0.1) is 5.60 Å². The van der Waals surface area contributed by atoms with E-state index < -0.39 is 17.5 Å². The fourth-order valence-corrected chi connectivity index (χ4v) is 0.955. The van der Waals surface area contributed by atoms with E-state index in [9.17, 15) is 9.59 Å². The van der Waals surface area contributed by atoms with Crippen molar-refractivity contribution in [3.63, 3.8) is 0 Å². The zero-order chi connectivity index (χ0) is 15.0. The lowest BCUT2D eigenvalue weighted by atomic mass is 10.2. The van der Waals surface area contributed by atoms with Crippen LogP contribution in [0.5, 0.6) is 5.75 Å². The van der Waals surface area contributed by atoms with Gasteiger partial charge in [0.25, 0.3) is 0 Å². The molecule has 0 aromatic heterocycles. The molecule has 0 aliphatic heterocycles. The Labute approximate surface area is 116 Å². The molecule has 1 aromatic rings. The number of carbonyl (C=O) groups is 2. The first-order valence-corrected chi connectivity index (χ1v) is 5.88. The molecular weight excluding hydrogens is 264 g/mol. The van der Waals surface area contributed by atoms with E-state index in [0.29, 0.717) is 5.75 Å². The topological polar surface area (TPSA) is 71.1 Å². The van der Waals surface area contributed by atoms with Gasteiger partial charge in [-0.1, -0.05) is 18.2 Å². The predicted octanol–water partition coefficient (Wildman–Crippen LogP) is 2.35. The Balaban J connectivity index is 2.32. The lowest BCUT2D eigenvalue weighted by Gasteiger charge is -2.14. The highest BCUT2D eigenvalue weighted by molar-refractivity contribution is 5.92. The highest BCUT2D eigenvalue weighted by Gasteiger charge is 2.13. The number of rotatable bonds is 5. The summed E-state index contributed by atoms with van der Waals surface area (Å²) in [6.07, 6.45) is 1.80. The number of ether oxygens (including phenoxy) is 1. The number of esters is 1. The molecule has 0 unspecified atom stereocenters. The first-order chi connectivity index (χ1) is 9.37. The molecule has 1 rings (SSSR count). The second-order valence-corrected chi connectivity index (χ2v) is 4.73. The molecule has 0 N–H and O–H groups in total. The standard InChI is InChI=1S/C14H16O6/c1-14(2,3)19-20-18-13(16)10-9-12(15)17-11-7-5-4-6-8-11/h4-10H,1-3H3. The van der Waals surface area contributed by atoms with Crippen LogP contribution in [-0.4, -0.2) is 17.5 Å². The summed E-state index contributed by atoms with van der Waals surface area (Å²) in [5, 5.41) is 4.26. The van der Waals surface area contributed by atoms with Crippen molar-refractivity contribution in [3.05, 3.63) is 42.5 Å². The van der Waals surface area contributed by atoms with Crippen LogP contribution in [0.2, 0.25) is 0 Å². The van der Waals surface area contributed by atoms with Crippen LogP contribution in [0, 0.1) is 0 Å². The van der Waals surface area contributed by atoms with E-state index in [1.165, 1.54) is 0 Å². The van der Waals surface area contributed by atoms with Crippen molar-refractivity contribution < 1.29 is 29.1 Å². The summed E-state index contributed by atoms with van der Waals surface area (Å²) in [5.74, 6) is -1.22.